The molecule has 1 saturated heterocycles. The smallest absolute Gasteiger partial charge is 0.239 e. The fourth-order valence-electron chi connectivity index (χ4n) is 2.45. The number of sulfonamides is 1. The summed E-state index contributed by atoms with van der Waals surface area (Å²) in [5.74, 6) is -0.658. The maximum Gasteiger partial charge on any atom is 0.239 e. The zero-order chi connectivity index (χ0) is 17.3. The molecule has 0 bridgehead atoms. The Labute approximate surface area is 138 Å². The van der Waals surface area contributed by atoms with Gasteiger partial charge in [-0.25, -0.2) is 8.42 Å². The maximum absolute atomic E-state index is 12.2. The van der Waals surface area contributed by atoms with Crippen molar-refractivity contribution in [2.75, 3.05) is 23.7 Å². The lowest BCUT2D eigenvalue weighted by Crippen LogP contribution is -2.47. The maximum atomic E-state index is 12.2. The molecule has 7 heteroatoms. The Hall–Kier alpha value is -1.76. The van der Waals surface area contributed by atoms with Gasteiger partial charge >= 0.3 is 0 Å². The Balaban J connectivity index is 1.94. The molecule has 23 heavy (non-hydrogen) atoms. The fourth-order valence-corrected chi connectivity index (χ4v) is 3.19. The molecule has 2 rings (SSSR count). The molecule has 1 aliphatic heterocycles. The molecule has 0 aliphatic carbocycles. The highest BCUT2D eigenvalue weighted by Gasteiger charge is 2.34. The molecule has 128 valence electrons. The van der Waals surface area contributed by atoms with Gasteiger partial charge in [0.25, 0.3) is 0 Å². The monoisotopic (exact) mass is 339 g/mol. The van der Waals surface area contributed by atoms with E-state index in [1.54, 1.807) is 20.8 Å². The quantitative estimate of drug-likeness (QED) is 0.818. The second-order valence-electron chi connectivity index (χ2n) is 6.93. The molecule has 0 atom stereocenters. The van der Waals surface area contributed by atoms with Gasteiger partial charge in [-0.15, -0.1) is 0 Å². The topological polar surface area (TPSA) is 92.5 Å². The van der Waals surface area contributed by atoms with Gasteiger partial charge < -0.3 is 10.6 Å². The summed E-state index contributed by atoms with van der Waals surface area (Å²) in [4.78, 5) is 14.4. The third-order valence-electron chi connectivity index (χ3n) is 4.17. The van der Waals surface area contributed by atoms with E-state index >= 15 is 0 Å². The van der Waals surface area contributed by atoms with Gasteiger partial charge in [-0.1, -0.05) is 0 Å². The molecule has 0 aromatic heterocycles. The summed E-state index contributed by atoms with van der Waals surface area (Å²) < 4.78 is 25.4. The lowest BCUT2D eigenvalue weighted by molar-refractivity contribution is -0.123. The fraction of sp³-hybridized carbons (Fsp3) is 0.562. The van der Waals surface area contributed by atoms with Crippen molar-refractivity contribution in [3.8, 4) is 0 Å². The second kappa shape index (κ2) is 6.39. The SMILES string of the molecule is CC(C)(C)S(=O)(=O)NC(=O)C1CCN(c2ccc(N)cc2)CC1. The van der Waals surface area contributed by atoms with Crippen LogP contribution in [0.15, 0.2) is 24.3 Å². The van der Waals surface area contributed by atoms with Gasteiger partial charge in [0.15, 0.2) is 0 Å². The van der Waals surface area contributed by atoms with E-state index in [1.807, 2.05) is 24.3 Å². The van der Waals surface area contributed by atoms with E-state index in [0.29, 0.717) is 12.8 Å². The van der Waals surface area contributed by atoms with Crippen molar-refractivity contribution in [2.24, 2.45) is 5.92 Å². The van der Waals surface area contributed by atoms with Crippen molar-refractivity contribution in [1.82, 2.24) is 4.72 Å². The molecule has 1 aromatic carbocycles. The van der Waals surface area contributed by atoms with Crippen LogP contribution in [0.5, 0.6) is 0 Å². The number of carbonyl (C=O) groups excluding carboxylic acids is 1. The Morgan fingerprint density at radius 2 is 1.70 bits per heavy atom. The number of nitrogens with two attached hydrogens (primary N) is 1. The average Bonchev–Trinajstić information content (AvgIpc) is 2.46. The van der Waals surface area contributed by atoms with Gasteiger partial charge in [-0.2, -0.15) is 0 Å². The Bertz CT molecular complexity index is 655. The zero-order valence-corrected chi connectivity index (χ0v) is 14.7. The first-order chi connectivity index (χ1) is 10.6. The number of carbonyl (C=O) groups is 1. The van der Waals surface area contributed by atoms with Crippen LogP contribution >= 0.6 is 0 Å². The van der Waals surface area contributed by atoms with E-state index < -0.39 is 20.7 Å². The summed E-state index contributed by atoms with van der Waals surface area (Å²) in [5, 5.41) is 0. The highest BCUT2D eigenvalue weighted by molar-refractivity contribution is 7.91. The third kappa shape index (κ3) is 4.16. The molecule has 1 amide bonds. The molecule has 1 fully saturated rings. The van der Waals surface area contributed by atoms with Crippen LogP contribution in [0, 0.1) is 5.92 Å². The van der Waals surface area contributed by atoms with Crippen molar-refractivity contribution < 1.29 is 13.2 Å². The average molecular weight is 339 g/mol. The molecular weight excluding hydrogens is 314 g/mol. The van der Waals surface area contributed by atoms with Gasteiger partial charge in [0.2, 0.25) is 15.9 Å². The van der Waals surface area contributed by atoms with E-state index in [0.717, 1.165) is 24.5 Å². The first-order valence-electron chi connectivity index (χ1n) is 7.77. The normalized spacial score (nSPS) is 17.1. The number of amides is 1. The number of hydrogen-bond acceptors (Lipinski definition) is 5. The van der Waals surface area contributed by atoms with Gasteiger partial charge in [0.05, 0.1) is 4.75 Å². The summed E-state index contributed by atoms with van der Waals surface area (Å²) >= 11 is 0. The van der Waals surface area contributed by atoms with Crippen molar-refractivity contribution in [3.05, 3.63) is 24.3 Å². The molecule has 0 saturated carbocycles. The van der Waals surface area contributed by atoms with E-state index in [-0.39, 0.29) is 5.92 Å². The highest BCUT2D eigenvalue weighted by Crippen LogP contribution is 2.25. The van der Waals surface area contributed by atoms with E-state index in [1.165, 1.54) is 0 Å². The Morgan fingerprint density at radius 3 is 2.17 bits per heavy atom. The predicted octanol–water partition coefficient (Wildman–Crippen LogP) is 1.73. The summed E-state index contributed by atoms with van der Waals surface area (Å²) in [6, 6.07) is 7.62. The second-order valence-corrected chi connectivity index (χ2v) is 9.37. The van der Waals surface area contributed by atoms with Gasteiger partial charge in [-0.05, 0) is 57.9 Å². The van der Waals surface area contributed by atoms with Crippen LogP contribution in [-0.2, 0) is 14.8 Å². The van der Waals surface area contributed by atoms with Crippen molar-refractivity contribution >= 4 is 27.3 Å². The van der Waals surface area contributed by atoms with Crippen molar-refractivity contribution in [3.63, 3.8) is 0 Å². The van der Waals surface area contributed by atoms with E-state index in [2.05, 4.69) is 9.62 Å². The summed E-state index contributed by atoms with van der Waals surface area (Å²) in [5.41, 5.74) is 7.47. The third-order valence-corrected chi connectivity index (χ3v) is 6.25. The van der Waals surface area contributed by atoms with E-state index in [4.69, 9.17) is 5.73 Å². The number of piperidine rings is 1. The van der Waals surface area contributed by atoms with Crippen LogP contribution in [-0.4, -0.2) is 32.2 Å². The number of nitrogens with one attached hydrogen (secondary N) is 1. The molecule has 1 heterocycles. The number of rotatable bonds is 3. The Morgan fingerprint density at radius 1 is 1.17 bits per heavy atom. The molecule has 0 spiro atoms. The molecule has 0 radical (unpaired) electrons. The summed E-state index contributed by atoms with van der Waals surface area (Å²) in [7, 11) is -3.64. The predicted molar refractivity (Wildman–Crippen MR) is 92.6 cm³/mol. The lowest BCUT2D eigenvalue weighted by atomic mass is 9.96. The molecule has 1 aliphatic rings. The van der Waals surface area contributed by atoms with Gasteiger partial charge in [0, 0.05) is 30.4 Å². The van der Waals surface area contributed by atoms with Crippen LogP contribution in [0.4, 0.5) is 11.4 Å². The molecule has 1 aromatic rings. The lowest BCUT2D eigenvalue weighted by Gasteiger charge is -2.33. The minimum absolute atomic E-state index is 0.267. The number of benzene rings is 1. The van der Waals surface area contributed by atoms with Crippen molar-refractivity contribution in [2.45, 2.75) is 38.4 Å². The first-order valence-corrected chi connectivity index (χ1v) is 9.25. The number of nitrogen functional groups attached to an aromatic ring is 1. The van der Waals surface area contributed by atoms with Crippen LogP contribution in [0.3, 0.4) is 0 Å². The first kappa shape index (κ1) is 17.6. The van der Waals surface area contributed by atoms with Crippen LogP contribution in [0.2, 0.25) is 0 Å². The molecule has 0 unspecified atom stereocenters. The number of nitrogens with zero attached hydrogens (tertiary/aromatic N) is 1. The van der Waals surface area contributed by atoms with E-state index in [9.17, 15) is 13.2 Å². The van der Waals surface area contributed by atoms with Crippen LogP contribution in [0.25, 0.3) is 0 Å². The van der Waals surface area contributed by atoms with Crippen molar-refractivity contribution in [1.29, 1.82) is 0 Å². The van der Waals surface area contributed by atoms with Crippen LogP contribution < -0.4 is 15.4 Å². The van der Waals surface area contributed by atoms with Crippen LogP contribution in [0.1, 0.15) is 33.6 Å². The summed E-state index contributed by atoms with van der Waals surface area (Å²) in [6.07, 6.45) is 1.27. The molecule has 6 nitrogen and oxygen atoms in total. The Kier molecular flexibility index (Phi) is 4.89. The minimum Gasteiger partial charge on any atom is -0.399 e. The number of hydrogen-bond donors (Lipinski definition) is 2. The standard InChI is InChI=1S/C16H25N3O3S/c1-16(2,3)23(21,22)18-15(20)12-8-10-19(11-9-12)14-6-4-13(17)5-7-14/h4-7,12H,8-11,17H2,1-3H3,(H,18,20). The minimum atomic E-state index is -3.64. The highest BCUT2D eigenvalue weighted by atomic mass is 32.2. The zero-order valence-electron chi connectivity index (χ0n) is 13.9. The molecule has 3 N–H and O–H groups in total. The molecular formula is C16H25N3O3S. The number of anilines is 2. The van der Waals surface area contributed by atoms with Gasteiger partial charge in [0.1, 0.15) is 0 Å². The summed E-state index contributed by atoms with van der Waals surface area (Å²) in [6.45, 7) is 6.17. The van der Waals surface area contributed by atoms with Gasteiger partial charge in [-0.3, -0.25) is 9.52 Å². The largest absolute Gasteiger partial charge is 0.399 e.